The van der Waals surface area contributed by atoms with E-state index in [9.17, 15) is 8.42 Å². The molecule has 0 atom stereocenters. The van der Waals surface area contributed by atoms with E-state index in [0.29, 0.717) is 18.1 Å². The highest BCUT2D eigenvalue weighted by atomic mass is 32.2. The van der Waals surface area contributed by atoms with Gasteiger partial charge in [0.2, 0.25) is 9.84 Å². The number of rotatable bonds is 8. The second-order valence-electron chi connectivity index (χ2n) is 7.48. The van der Waals surface area contributed by atoms with Gasteiger partial charge in [-0.2, -0.15) is 0 Å². The number of quaternary nitrogens is 1. The van der Waals surface area contributed by atoms with E-state index in [1.165, 1.54) is 0 Å². The summed E-state index contributed by atoms with van der Waals surface area (Å²) in [6.45, 7) is 5.29. The lowest BCUT2D eigenvalue weighted by molar-refractivity contribution is -0.870. The Morgan fingerprint density at radius 1 is 0.852 bits per heavy atom. The van der Waals surface area contributed by atoms with Crippen LogP contribution in [0.1, 0.15) is 13.8 Å². The van der Waals surface area contributed by atoms with Gasteiger partial charge in [0.1, 0.15) is 24.7 Å². The molecule has 2 rings (SSSR count). The zero-order valence-electron chi connectivity index (χ0n) is 17.1. The predicted octanol–water partition coefficient (Wildman–Crippen LogP) is 3.84. The minimum absolute atomic E-state index is 0. The molecule has 0 saturated carbocycles. The molecule has 0 heterocycles. The lowest BCUT2D eigenvalue weighted by Crippen LogP contribution is -2.38. The number of hydrogen-bond donors (Lipinski definition) is 0. The first-order chi connectivity index (χ1) is 12.1. The lowest BCUT2D eigenvalue weighted by atomic mass is 10.3. The molecular weight excluding hydrogens is 362 g/mol. The Kier molecular flexibility index (Phi) is 7.87. The van der Waals surface area contributed by atoms with Gasteiger partial charge in [-0.25, -0.2) is 8.42 Å². The number of nitrogens with zero attached hydrogens (tertiary/aromatic N) is 1. The molecule has 0 saturated heterocycles. The summed E-state index contributed by atoms with van der Waals surface area (Å²) in [6, 6.07) is 13.0. The van der Waals surface area contributed by atoms with Crippen LogP contribution in [0.15, 0.2) is 58.3 Å². The van der Waals surface area contributed by atoms with Crippen LogP contribution in [0.5, 0.6) is 11.5 Å². The molecule has 0 aliphatic rings. The maximum atomic E-state index is 12.7. The second-order valence-corrected chi connectivity index (χ2v) is 9.42. The minimum atomic E-state index is -3.56. The Labute approximate surface area is 164 Å². The summed E-state index contributed by atoms with van der Waals surface area (Å²) in [5.74, 6) is 1.32. The molecule has 6 heteroatoms. The molecule has 0 aliphatic carbocycles. The Balaban J connectivity index is 0.00000364. The molecule has 2 aromatic rings. The molecule has 5 nitrogen and oxygen atoms in total. The quantitative estimate of drug-likeness (QED) is 0.505. The summed E-state index contributed by atoms with van der Waals surface area (Å²) in [7, 11) is 2.72. The van der Waals surface area contributed by atoms with Gasteiger partial charge in [0.05, 0.1) is 37.0 Å². The van der Waals surface area contributed by atoms with Crippen LogP contribution in [-0.2, 0) is 9.84 Å². The molecule has 0 unspecified atom stereocenters. The van der Waals surface area contributed by atoms with Crippen LogP contribution in [0.3, 0.4) is 0 Å². The predicted molar refractivity (Wildman–Crippen MR) is 109 cm³/mol. The number of likely N-dealkylation sites (N-methyl/N-ethyl adjacent to an activating group) is 1. The topological polar surface area (TPSA) is 52.6 Å². The summed E-state index contributed by atoms with van der Waals surface area (Å²) in [4.78, 5) is 0.487. The number of ether oxygens (including phenoxy) is 2. The molecule has 2 aromatic carbocycles. The third-order valence-corrected chi connectivity index (χ3v) is 5.46. The average Bonchev–Trinajstić information content (AvgIpc) is 2.54. The van der Waals surface area contributed by atoms with Crippen LogP contribution in [0.4, 0.5) is 0 Å². The van der Waals surface area contributed by atoms with Crippen molar-refractivity contribution in [1.82, 2.24) is 0 Å². The monoisotopic (exact) mass is 393 g/mol. The van der Waals surface area contributed by atoms with Crippen LogP contribution in [0.25, 0.3) is 0 Å². The third-order valence-electron chi connectivity index (χ3n) is 3.67. The molecule has 0 aliphatic heterocycles. The maximum absolute atomic E-state index is 12.7. The zero-order chi connectivity index (χ0) is 19.4. The molecule has 150 valence electrons. The Hall–Kier alpha value is -2.05. The fourth-order valence-corrected chi connectivity index (χ4v) is 3.52. The van der Waals surface area contributed by atoms with Crippen LogP contribution in [0, 0.1) is 7.43 Å². The normalized spacial score (nSPS) is 11.8. The van der Waals surface area contributed by atoms with E-state index in [1.807, 2.05) is 13.8 Å². The lowest BCUT2D eigenvalue weighted by Gasteiger charge is -2.23. The number of benzene rings is 2. The molecule has 0 radical (unpaired) electrons. The Morgan fingerprint density at radius 2 is 1.30 bits per heavy atom. The van der Waals surface area contributed by atoms with Gasteiger partial charge in [0.25, 0.3) is 0 Å². The first-order valence-corrected chi connectivity index (χ1v) is 10.1. The molecule has 0 fully saturated rings. The highest BCUT2D eigenvalue weighted by Crippen LogP contribution is 2.25. The smallest absolute Gasteiger partial charge is 0.206 e. The summed E-state index contributed by atoms with van der Waals surface area (Å²) in [5, 5.41) is 0. The van der Waals surface area contributed by atoms with Crippen molar-refractivity contribution in [1.29, 1.82) is 0 Å². The highest BCUT2D eigenvalue weighted by molar-refractivity contribution is 7.91. The summed E-state index contributed by atoms with van der Waals surface area (Å²) in [5.41, 5.74) is 0. The van der Waals surface area contributed by atoms with E-state index >= 15 is 0 Å². The SMILES string of the molecule is CC(C)Oc1ccc(S(=O)(=O)c2ccc(OCC[N+](C)(C)C)cc2)cc1.[CH3-]. The zero-order valence-corrected chi connectivity index (χ0v) is 17.9. The van der Waals surface area contributed by atoms with Gasteiger partial charge in [-0.1, -0.05) is 0 Å². The summed E-state index contributed by atoms with van der Waals surface area (Å²) < 4.78 is 37.5. The van der Waals surface area contributed by atoms with Crippen LogP contribution in [0.2, 0.25) is 0 Å². The first kappa shape index (κ1) is 23.0. The van der Waals surface area contributed by atoms with Gasteiger partial charge < -0.3 is 21.4 Å². The van der Waals surface area contributed by atoms with Gasteiger partial charge in [0.15, 0.2) is 0 Å². The van der Waals surface area contributed by atoms with E-state index in [0.717, 1.165) is 11.0 Å². The van der Waals surface area contributed by atoms with Gasteiger partial charge in [0, 0.05) is 0 Å². The molecule has 0 bridgehead atoms. The van der Waals surface area contributed by atoms with Crippen LogP contribution < -0.4 is 9.47 Å². The fourth-order valence-electron chi connectivity index (χ4n) is 2.26. The van der Waals surface area contributed by atoms with Crippen molar-refractivity contribution in [2.45, 2.75) is 29.7 Å². The van der Waals surface area contributed by atoms with Crippen molar-refractivity contribution in [2.24, 2.45) is 0 Å². The van der Waals surface area contributed by atoms with Crippen LogP contribution in [-0.4, -0.2) is 53.3 Å². The molecule has 27 heavy (non-hydrogen) atoms. The molecular formula is C21H31NO4S. The second kappa shape index (κ2) is 9.24. The summed E-state index contributed by atoms with van der Waals surface area (Å²) >= 11 is 0. The van der Waals surface area contributed by atoms with Crippen molar-refractivity contribution in [3.63, 3.8) is 0 Å². The Bertz CT molecular complexity index is 805. The maximum Gasteiger partial charge on any atom is 0.206 e. The van der Waals surface area contributed by atoms with Gasteiger partial charge in [-0.3, -0.25) is 0 Å². The van der Waals surface area contributed by atoms with E-state index in [-0.39, 0.29) is 23.3 Å². The standard InChI is InChI=1S/C20H28NO4S.CH3/c1-16(2)25-18-8-12-20(13-9-18)26(22,23)19-10-6-17(7-11-19)24-15-14-21(3,4)5;/h6-13,16H,14-15H2,1-5H3;1H3/q+1;-1. The molecule has 0 spiro atoms. The van der Waals surface area contributed by atoms with E-state index < -0.39 is 9.84 Å². The average molecular weight is 394 g/mol. The van der Waals surface area contributed by atoms with E-state index in [2.05, 4.69) is 21.1 Å². The highest BCUT2D eigenvalue weighted by Gasteiger charge is 2.18. The van der Waals surface area contributed by atoms with Crippen molar-refractivity contribution < 1.29 is 22.4 Å². The Morgan fingerprint density at radius 3 is 1.70 bits per heavy atom. The molecule has 0 N–H and O–H groups in total. The van der Waals surface area contributed by atoms with E-state index in [4.69, 9.17) is 9.47 Å². The van der Waals surface area contributed by atoms with Crippen molar-refractivity contribution in [3.8, 4) is 11.5 Å². The first-order valence-electron chi connectivity index (χ1n) is 8.63. The van der Waals surface area contributed by atoms with Crippen molar-refractivity contribution >= 4 is 9.84 Å². The minimum Gasteiger partial charge on any atom is -0.491 e. The number of sulfone groups is 1. The van der Waals surface area contributed by atoms with Gasteiger partial charge in [-0.05, 0) is 62.4 Å². The molecule has 0 amide bonds. The van der Waals surface area contributed by atoms with Crippen molar-refractivity contribution in [2.75, 3.05) is 34.3 Å². The van der Waals surface area contributed by atoms with Crippen LogP contribution >= 0.6 is 0 Å². The largest absolute Gasteiger partial charge is 0.491 e. The van der Waals surface area contributed by atoms with E-state index in [1.54, 1.807) is 48.5 Å². The third kappa shape index (κ3) is 6.88. The molecule has 0 aromatic heterocycles. The number of hydrogen-bond acceptors (Lipinski definition) is 4. The van der Waals surface area contributed by atoms with Gasteiger partial charge >= 0.3 is 0 Å². The fraction of sp³-hybridized carbons (Fsp3) is 0.381. The van der Waals surface area contributed by atoms with Crippen molar-refractivity contribution in [3.05, 3.63) is 56.0 Å². The van der Waals surface area contributed by atoms with Gasteiger partial charge in [-0.15, -0.1) is 0 Å². The summed E-state index contributed by atoms with van der Waals surface area (Å²) in [6.07, 6.45) is 0.0436.